The highest BCUT2D eigenvalue weighted by Crippen LogP contribution is 2.00. The minimum absolute atomic E-state index is 0.133. The van der Waals surface area contributed by atoms with Crippen LogP contribution in [0.25, 0.3) is 0 Å². The van der Waals surface area contributed by atoms with Gasteiger partial charge in [0.05, 0.1) is 5.84 Å². The summed E-state index contributed by atoms with van der Waals surface area (Å²) in [6, 6.07) is 9.95. The Bertz CT molecular complexity index is 229. The Morgan fingerprint density at radius 1 is 1.36 bits per heavy atom. The predicted octanol–water partition coefficient (Wildman–Crippen LogP) is 1.37. The van der Waals surface area contributed by atoms with Crippen molar-refractivity contribution in [1.29, 1.82) is 5.41 Å². The van der Waals surface area contributed by atoms with Gasteiger partial charge in [0.25, 0.3) is 0 Å². The molecular weight excluding hydrogens is 136 g/mol. The summed E-state index contributed by atoms with van der Waals surface area (Å²) in [5.41, 5.74) is 6.35. The van der Waals surface area contributed by atoms with E-state index in [4.69, 9.17) is 11.1 Å². The third-order valence-corrected chi connectivity index (χ3v) is 1.40. The SMILES string of the molecule is N=C(N)[CH]Cc1ccccc1. The molecule has 0 fully saturated rings. The van der Waals surface area contributed by atoms with Crippen molar-refractivity contribution in [2.45, 2.75) is 6.42 Å². The second-order valence-electron chi connectivity index (χ2n) is 2.35. The van der Waals surface area contributed by atoms with Crippen molar-refractivity contribution in [3.63, 3.8) is 0 Å². The summed E-state index contributed by atoms with van der Waals surface area (Å²) >= 11 is 0. The highest BCUT2D eigenvalue weighted by Gasteiger charge is 1.92. The molecule has 0 heterocycles. The summed E-state index contributed by atoms with van der Waals surface area (Å²) in [6.07, 6.45) is 2.44. The lowest BCUT2D eigenvalue weighted by atomic mass is 10.1. The third kappa shape index (κ3) is 2.85. The van der Waals surface area contributed by atoms with E-state index in [9.17, 15) is 0 Å². The molecule has 0 aliphatic heterocycles. The maximum absolute atomic E-state index is 6.97. The van der Waals surface area contributed by atoms with Gasteiger partial charge in [-0.3, -0.25) is 5.41 Å². The van der Waals surface area contributed by atoms with E-state index in [-0.39, 0.29) is 5.84 Å². The van der Waals surface area contributed by atoms with Gasteiger partial charge in [-0.2, -0.15) is 0 Å². The van der Waals surface area contributed by atoms with E-state index in [2.05, 4.69) is 0 Å². The number of benzene rings is 1. The third-order valence-electron chi connectivity index (χ3n) is 1.40. The molecule has 0 atom stereocenters. The van der Waals surface area contributed by atoms with Crippen LogP contribution in [0.3, 0.4) is 0 Å². The van der Waals surface area contributed by atoms with Gasteiger partial charge in [0.1, 0.15) is 0 Å². The average molecular weight is 147 g/mol. The van der Waals surface area contributed by atoms with Crippen molar-refractivity contribution in [2.75, 3.05) is 0 Å². The van der Waals surface area contributed by atoms with Crippen LogP contribution in [-0.4, -0.2) is 5.84 Å². The first-order valence-electron chi connectivity index (χ1n) is 3.50. The van der Waals surface area contributed by atoms with Gasteiger partial charge >= 0.3 is 0 Å². The van der Waals surface area contributed by atoms with E-state index in [1.54, 1.807) is 6.42 Å². The standard InChI is InChI=1S/C9H11N2/c10-9(11)7-6-8-4-2-1-3-5-8/h1-5,7H,6H2,(H3,10,11). The monoisotopic (exact) mass is 147 g/mol. The first-order valence-corrected chi connectivity index (χ1v) is 3.50. The highest BCUT2D eigenvalue weighted by atomic mass is 14.7. The van der Waals surface area contributed by atoms with Gasteiger partial charge in [-0.15, -0.1) is 0 Å². The normalized spacial score (nSPS) is 9.45. The molecule has 0 saturated heterocycles. The number of rotatable bonds is 3. The molecule has 0 bridgehead atoms. The first-order chi connectivity index (χ1) is 5.29. The number of hydrogen-bond donors (Lipinski definition) is 2. The quantitative estimate of drug-likeness (QED) is 0.492. The number of nitrogens with two attached hydrogens (primary N) is 1. The topological polar surface area (TPSA) is 49.9 Å². The number of amidine groups is 1. The second-order valence-corrected chi connectivity index (χ2v) is 2.35. The van der Waals surface area contributed by atoms with Crippen molar-refractivity contribution in [1.82, 2.24) is 0 Å². The molecule has 1 aromatic carbocycles. The van der Waals surface area contributed by atoms with Crippen LogP contribution < -0.4 is 5.73 Å². The summed E-state index contributed by atoms with van der Waals surface area (Å²) in [5.74, 6) is 0.133. The van der Waals surface area contributed by atoms with Gasteiger partial charge in [-0.05, 0) is 12.0 Å². The van der Waals surface area contributed by atoms with E-state index in [0.29, 0.717) is 0 Å². The molecule has 1 aromatic rings. The maximum atomic E-state index is 6.97. The summed E-state index contributed by atoms with van der Waals surface area (Å²) in [4.78, 5) is 0. The molecule has 0 unspecified atom stereocenters. The Kier molecular flexibility index (Phi) is 2.66. The van der Waals surface area contributed by atoms with Crippen LogP contribution in [0.1, 0.15) is 5.56 Å². The van der Waals surface area contributed by atoms with Crippen molar-refractivity contribution in [3.8, 4) is 0 Å². The molecule has 1 radical (unpaired) electrons. The van der Waals surface area contributed by atoms with Crippen LogP contribution >= 0.6 is 0 Å². The summed E-state index contributed by atoms with van der Waals surface area (Å²) in [7, 11) is 0. The molecule has 2 heteroatoms. The molecule has 0 aliphatic rings. The number of nitrogens with one attached hydrogen (secondary N) is 1. The lowest BCUT2D eigenvalue weighted by Gasteiger charge is -1.97. The van der Waals surface area contributed by atoms with E-state index < -0.39 is 0 Å². The van der Waals surface area contributed by atoms with Gasteiger partial charge in [-0.25, -0.2) is 0 Å². The predicted molar refractivity (Wildman–Crippen MR) is 46.4 cm³/mol. The lowest BCUT2D eigenvalue weighted by Crippen LogP contribution is -2.10. The molecule has 11 heavy (non-hydrogen) atoms. The molecule has 0 amide bonds. The Morgan fingerprint density at radius 2 is 2.00 bits per heavy atom. The minimum atomic E-state index is 0.133. The largest absolute Gasteiger partial charge is 0.387 e. The number of hydrogen-bond acceptors (Lipinski definition) is 1. The molecule has 57 valence electrons. The Labute approximate surface area is 66.6 Å². The van der Waals surface area contributed by atoms with Crippen LogP contribution in [0.5, 0.6) is 0 Å². The summed E-state index contributed by atoms with van der Waals surface area (Å²) in [5, 5.41) is 6.97. The van der Waals surface area contributed by atoms with E-state index in [0.717, 1.165) is 6.42 Å². The zero-order chi connectivity index (χ0) is 8.10. The Morgan fingerprint density at radius 3 is 2.55 bits per heavy atom. The fraction of sp³-hybridized carbons (Fsp3) is 0.111. The molecule has 0 aliphatic carbocycles. The van der Waals surface area contributed by atoms with Gasteiger partial charge in [0.2, 0.25) is 0 Å². The molecule has 0 spiro atoms. The van der Waals surface area contributed by atoms with Gasteiger partial charge in [-0.1, -0.05) is 30.3 Å². The Hall–Kier alpha value is -1.31. The zero-order valence-electron chi connectivity index (χ0n) is 6.25. The fourth-order valence-electron chi connectivity index (χ4n) is 0.842. The van der Waals surface area contributed by atoms with Crippen molar-refractivity contribution in [2.24, 2.45) is 5.73 Å². The van der Waals surface area contributed by atoms with Crippen LogP contribution in [0.2, 0.25) is 0 Å². The van der Waals surface area contributed by atoms with Crippen molar-refractivity contribution in [3.05, 3.63) is 42.3 Å². The van der Waals surface area contributed by atoms with Crippen LogP contribution in [0.4, 0.5) is 0 Å². The average Bonchev–Trinajstić information content (AvgIpc) is 2.03. The lowest BCUT2D eigenvalue weighted by molar-refractivity contribution is 1.19. The molecule has 3 N–H and O–H groups in total. The first kappa shape index (κ1) is 7.79. The van der Waals surface area contributed by atoms with Crippen LogP contribution in [0, 0.1) is 11.8 Å². The maximum Gasteiger partial charge on any atom is 0.0947 e. The molecular formula is C9H11N2. The highest BCUT2D eigenvalue weighted by molar-refractivity contribution is 5.85. The van der Waals surface area contributed by atoms with Crippen molar-refractivity contribution >= 4 is 5.84 Å². The molecule has 0 aromatic heterocycles. The second kappa shape index (κ2) is 3.76. The van der Waals surface area contributed by atoms with Crippen LogP contribution in [0.15, 0.2) is 30.3 Å². The van der Waals surface area contributed by atoms with Crippen molar-refractivity contribution < 1.29 is 0 Å². The van der Waals surface area contributed by atoms with Gasteiger partial charge in [0.15, 0.2) is 0 Å². The van der Waals surface area contributed by atoms with E-state index >= 15 is 0 Å². The van der Waals surface area contributed by atoms with E-state index in [1.807, 2.05) is 30.3 Å². The molecule has 0 saturated carbocycles. The van der Waals surface area contributed by atoms with E-state index in [1.165, 1.54) is 5.56 Å². The zero-order valence-corrected chi connectivity index (χ0v) is 6.25. The molecule has 1 rings (SSSR count). The summed E-state index contributed by atoms with van der Waals surface area (Å²) < 4.78 is 0. The smallest absolute Gasteiger partial charge is 0.0947 e. The summed E-state index contributed by atoms with van der Waals surface area (Å²) in [6.45, 7) is 0. The van der Waals surface area contributed by atoms with Gasteiger partial charge in [0, 0.05) is 6.42 Å². The minimum Gasteiger partial charge on any atom is -0.387 e. The molecule has 2 nitrogen and oxygen atoms in total. The fourth-order valence-corrected chi connectivity index (χ4v) is 0.842. The Balaban J connectivity index is 2.45. The van der Waals surface area contributed by atoms with Gasteiger partial charge < -0.3 is 5.73 Å². The van der Waals surface area contributed by atoms with Crippen LogP contribution in [-0.2, 0) is 6.42 Å².